The predicted molar refractivity (Wildman–Crippen MR) is 82.8 cm³/mol. The number of hydrogen-bond acceptors (Lipinski definition) is 6. The number of hydrogen-bond donors (Lipinski definition) is 1. The third kappa shape index (κ3) is 1.74. The molecule has 22 heavy (non-hydrogen) atoms. The van der Waals surface area contributed by atoms with Crippen LogP contribution in [0.25, 0.3) is 22.2 Å². The molecule has 7 nitrogen and oxygen atoms in total. The van der Waals surface area contributed by atoms with Crippen LogP contribution in [0.2, 0.25) is 0 Å². The van der Waals surface area contributed by atoms with Crippen LogP contribution >= 0.6 is 11.8 Å². The minimum atomic E-state index is -0.354. The third-order valence-corrected chi connectivity index (χ3v) is 4.80. The maximum Gasteiger partial charge on any atom is 0.284 e. The number of nitrogens with two attached hydrogens (primary N) is 1. The fraction of sp³-hybridized carbons (Fsp3) is 0.143. The van der Waals surface area contributed by atoms with Gasteiger partial charge in [0.1, 0.15) is 10.6 Å². The molecule has 1 aliphatic heterocycles. The molecular formula is C14H11N5O2S. The van der Waals surface area contributed by atoms with Crippen LogP contribution < -0.4 is 5.73 Å². The van der Waals surface area contributed by atoms with E-state index in [1.165, 1.54) is 17.8 Å². The van der Waals surface area contributed by atoms with Crippen molar-refractivity contribution in [1.82, 2.24) is 14.8 Å². The quantitative estimate of drug-likeness (QED) is 0.460. The Balaban J connectivity index is 2.12. The van der Waals surface area contributed by atoms with Crippen molar-refractivity contribution in [2.75, 3.05) is 6.54 Å². The van der Waals surface area contributed by atoms with Gasteiger partial charge in [-0.3, -0.25) is 19.8 Å². The van der Waals surface area contributed by atoms with Crippen LogP contribution in [0, 0.1) is 10.1 Å². The largest absolute Gasteiger partial charge is 0.329 e. The first-order valence-electron chi connectivity index (χ1n) is 6.71. The number of nitro groups is 1. The Hall–Kier alpha value is -2.45. The summed E-state index contributed by atoms with van der Waals surface area (Å²) in [6, 6.07) is 5.17. The van der Waals surface area contributed by atoms with E-state index in [0.717, 1.165) is 27.1 Å². The Morgan fingerprint density at radius 2 is 2.23 bits per heavy atom. The van der Waals surface area contributed by atoms with Crippen LogP contribution in [0.3, 0.4) is 0 Å². The van der Waals surface area contributed by atoms with Crippen molar-refractivity contribution in [3.05, 3.63) is 40.7 Å². The van der Waals surface area contributed by atoms with Gasteiger partial charge in [-0.15, -0.1) is 0 Å². The molecule has 2 aromatic heterocycles. The molecule has 0 bridgehead atoms. The van der Waals surface area contributed by atoms with Gasteiger partial charge in [0, 0.05) is 40.8 Å². The van der Waals surface area contributed by atoms with Gasteiger partial charge in [-0.05, 0) is 12.1 Å². The van der Waals surface area contributed by atoms with Crippen molar-refractivity contribution in [1.29, 1.82) is 0 Å². The normalized spacial score (nSPS) is 12.4. The SMILES string of the molecule is NCCn1nc2c3c(c([N+](=O)[O-])ccc31)Sc1cnccc1-2. The molecule has 1 aliphatic rings. The lowest BCUT2D eigenvalue weighted by Crippen LogP contribution is -2.10. The molecule has 3 heterocycles. The van der Waals surface area contributed by atoms with Crippen molar-refractivity contribution >= 4 is 28.4 Å². The zero-order valence-corrected chi connectivity index (χ0v) is 12.2. The van der Waals surface area contributed by atoms with Crippen molar-refractivity contribution < 1.29 is 4.92 Å². The Morgan fingerprint density at radius 3 is 3.00 bits per heavy atom. The molecule has 0 amide bonds. The number of fused-ring (bicyclic) bond motifs is 2. The van der Waals surface area contributed by atoms with Crippen LogP contribution in [0.5, 0.6) is 0 Å². The summed E-state index contributed by atoms with van der Waals surface area (Å²) in [5.41, 5.74) is 8.33. The van der Waals surface area contributed by atoms with Gasteiger partial charge >= 0.3 is 0 Å². The van der Waals surface area contributed by atoms with Crippen LogP contribution in [0.4, 0.5) is 5.69 Å². The van der Waals surface area contributed by atoms with E-state index in [2.05, 4.69) is 10.1 Å². The molecule has 0 radical (unpaired) electrons. The molecule has 0 spiro atoms. The number of benzene rings is 1. The van der Waals surface area contributed by atoms with E-state index >= 15 is 0 Å². The van der Waals surface area contributed by atoms with Gasteiger partial charge in [0.05, 0.1) is 17.0 Å². The van der Waals surface area contributed by atoms with E-state index in [9.17, 15) is 10.1 Å². The lowest BCUT2D eigenvalue weighted by molar-refractivity contribution is -0.387. The topological polar surface area (TPSA) is 99.9 Å². The minimum Gasteiger partial charge on any atom is -0.329 e. The molecule has 0 saturated heterocycles. The fourth-order valence-electron chi connectivity index (χ4n) is 2.73. The zero-order valence-electron chi connectivity index (χ0n) is 11.4. The summed E-state index contributed by atoms with van der Waals surface area (Å²) in [4.78, 5) is 16.6. The number of rotatable bonds is 3. The van der Waals surface area contributed by atoms with E-state index < -0.39 is 0 Å². The maximum absolute atomic E-state index is 11.3. The monoisotopic (exact) mass is 313 g/mol. The third-order valence-electron chi connectivity index (χ3n) is 3.64. The molecule has 0 fully saturated rings. The summed E-state index contributed by atoms with van der Waals surface area (Å²) < 4.78 is 1.81. The summed E-state index contributed by atoms with van der Waals surface area (Å²) in [6.07, 6.45) is 3.42. The summed E-state index contributed by atoms with van der Waals surface area (Å²) >= 11 is 1.37. The molecule has 0 saturated carbocycles. The van der Waals surface area contributed by atoms with Crippen molar-refractivity contribution in [2.24, 2.45) is 5.73 Å². The molecule has 8 heteroatoms. The van der Waals surface area contributed by atoms with Crippen LogP contribution in [0.1, 0.15) is 0 Å². The lowest BCUT2D eigenvalue weighted by Gasteiger charge is -2.14. The Morgan fingerprint density at radius 1 is 1.36 bits per heavy atom. The number of pyridine rings is 1. The van der Waals surface area contributed by atoms with Gasteiger partial charge in [-0.1, -0.05) is 11.8 Å². The zero-order chi connectivity index (χ0) is 15.3. The average molecular weight is 313 g/mol. The first kappa shape index (κ1) is 13.2. The summed E-state index contributed by atoms with van der Waals surface area (Å²) in [5.74, 6) is 0. The second-order valence-corrected chi connectivity index (χ2v) is 5.95. The molecule has 0 atom stereocenters. The maximum atomic E-state index is 11.3. The summed E-state index contributed by atoms with van der Waals surface area (Å²) in [5, 5.41) is 16.8. The van der Waals surface area contributed by atoms with Crippen molar-refractivity contribution in [3.8, 4) is 11.3 Å². The Kier molecular flexibility index (Phi) is 2.88. The number of nitrogens with zero attached hydrogens (tertiary/aromatic N) is 4. The van der Waals surface area contributed by atoms with Gasteiger partial charge in [-0.2, -0.15) is 5.10 Å². The van der Waals surface area contributed by atoms with Gasteiger partial charge in [0.15, 0.2) is 0 Å². The van der Waals surface area contributed by atoms with E-state index in [0.29, 0.717) is 18.0 Å². The van der Waals surface area contributed by atoms with E-state index in [1.54, 1.807) is 18.5 Å². The van der Waals surface area contributed by atoms with E-state index in [4.69, 9.17) is 5.73 Å². The highest BCUT2D eigenvalue weighted by molar-refractivity contribution is 8.00. The van der Waals surface area contributed by atoms with Gasteiger partial charge < -0.3 is 5.73 Å². The molecule has 0 aliphatic carbocycles. The van der Waals surface area contributed by atoms with Crippen molar-refractivity contribution in [2.45, 2.75) is 16.3 Å². The highest BCUT2D eigenvalue weighted by Gasteiger charge is 2.29. The standard InChI is InChI=1S/C14H11N5O2S/c15-4-6-18-9-1-2-10(19(20)21)14-12(9)13(17-18)8-3-5-16-7-11(8)22-14/h1-3,5,7H,4,6,15H2. The number of nitro benzene ring substituents is 1. The average Bonchev–Trinajstić information content (AvgIpc) is 2.88. The molecular weight excluding hydrogens is 302 g/mol. The smallest absolute Gasteiger partial charge is 0.284 e. The fourth-order valence-corrected chi connectivity index (χ4v) is 3.88. The van der Waals surface area contributed by atoms with Gasteiger partial charge in [0.2, 0.25) is 0 Å². The summed E-state index contributed by atoms with van der Waals surface area (Å²) in [6.45, 7) is 1.03. The van der Waals surface area contributed by atoms with Crippen molar-refractivity contribution in [3.63, 3.8) is 0 Å². The van der Waals surface area contributed by atoms with Crippen LogP contribution in [-0.2, 0) is 6.54 Å². The van der Waals surface area contributed by atoms with E-state index in [1.807, 2.05) is 10.7 Å². The second-order valence-electron chi connectivity index (χ2n) is 4.90. The predicted octanol–water partition coefficient (Wildman–Crippen LogP) is 2.43. The molecule has 2 N–H and O–H groups in total. The lowest BCUT2D eigenvalue weighted by atomic mass is 10.1. The Labute approximate surface area is 129 Å². The first-order chi connectivity index (χ1) is 10.7. The highest BCUT2D eigenvalue weighted by Crippen LogP contribution is 2.50. The van der Waals surface area contributed by atoms with Crippen LogP contribution in [0.15, 0.2) is 40.4 Å². The molecule has 110 valence electrons. The number of aromatic nitrogens is 3. The van der Waals surface area contributed by atoms with Gasteiger partial charge in [-0.25, -0.2) is 0 Å². The van der Waals surface area contributed by atoms with Gasteiger partial charge in [0.25, 0.3) is 5.69 Å². The van der Waals surface area contributed by atoms with E-state index in [-0.39, 0.29) is 10.6 Å². The first-order valence-corrected chi connectivity index (χ1v) is 7.52. The molecule has 3 aromatic rings. The molecule has 1 aromatic carbocycles. The summed E-state index contributed by atoms with van der Waals surface area (Å²) in [7, 11) is 0. The highest BCUT2D eigenvalue weighted by atomic mass is 32.2. The Bertz CT molecular complexity index is 921. The molecule has 4 rings (SSSR count). The molecule has 0 unspecified atom stereocenters. The van der Waals surface area contributed by atoms with Crippen LogP contribution in [-0.4, -0.2) is 26.2 Å². The minimum absolute atomic E-state index is 0.0977. The second kappa shape index (κ2) is 4.79.